The summed E-state index contributed by atoms with van der Waals surface area (Å²) < 4.78 is 10.3. The Balaban J connectivity index is 1.81. The van der Waals surface area contributed by atoms with Crippen LogP contribution in [0.1, 0.15) is 18.1 Å². The van der Waals surface area contributed by atoms with E-state index in [4.69, 9.17) is 9.47 Å². The monoisotopic (exact) mass is 396 g/mol. The van der Waals surface area contributed by atoms with Crippen LogP contribution in [0.4, 0.5) is 5.69 Å². The summed E-state index contributed by atoms with van der Waals surface area (Å²) in [5.41, 5.74) is 2.29. The summed E-state index contributed by atoms with van der Waals surface area (Å²) in [5, 5.41) is 5.09. The van der Waals surface area contributed by atoms with E-state index in [9.17, 15) is 14.4 Å². The molecular formula is C22H24N2O5. The molecule has 0 aliphatic heterocycles. The van der Waals surface area contributed by atoms with Crippen molar-refractivity contribution < 1.29 is 23.9 Å². The first-order valence-corrected chi connectivity index (χ1v) is 9.05. The summed E-state index contributed by atoms with van der Waals surface area (Å²) in [6.07, 6.45) is 1.92. The lowest BCUT2D eigenvalue weighted by Crippen LogP contribution is -2.35. The smallest absolute Gasteiger partial charge is 0.326 e. The van der Waals surface area contributed by atoms with Gasteiger partial charge in [0, 0.05) is 6.08 Å². The SMILES string of the molecule is COc1ccc(C)cc1NC(=O)[C@@H](C)OC(=O)CNC(=O)/C=C/c1ccccc1. The summed E-state index contributed by atoms with van der Waals surface area (Å²) in [4.78, 5) is 36.0. The molecule has 2 aromatic rings. The molecule has 0 bridgehead atoms. The number of aryl methyl sites for hydroxylation is 1. The lowest BCUT2D eigenvalue weighted by Gasteiger charge is -2.15. The molecule has 7 heteroatoms. The van der Waals surface area contributed by atoms with Crippen molar-refractivity contribution in [3.63, 3.8) is 0 Å². The van der Waals surface area contributed by atoms with Gasteiger partial charge in [-0.15, -0.1) is 0 Å². The molecular weight excluding hydrogens is 372 g/mol. The van der Waals surface area contributed by atoms with Crippen LogP contribution in [0.5, 0.6) is 5.75 Å². The minimum atomic E-state index is -1.04. The zero-order chi connectivity index (χ0) is 21.2. The van der Waals surface area contributed by atoms with Gasteiger partial charge in [0.25, 0.3) is 5.91 Å². The molecule has 0 aromatic heterocycles. The number of carbonyl (C=O) groups is 3. The van der Waals surface area contributed by atoms with E-state index in [0.29, 0.717) is 11.4 Å². The number of ether oxygens (including phenoxy) is 2. The van der Waals surface area contributed by atoms with Gasteiger partial charge in [-0.1, -0.05) is 36.4 Å². The van der Waals surface area contributed by atoms with Crippen molar-refractivity contribution in [1.29, 1.82) is 0 Å². The number of benzene rings is 2. The van der Waals surface area contributed by atoms with Gasteiger partial charge in [0.05, 0.1) is 12.8 Å². The van der Waals surface area contributed by atoms with Crippen molar-refractivity contribution in [2.45, 2.75) is 20.0 Å². The van der Waals surface area contributed by atoms with E-state index in [-0.39, 0.29) is 6.54 Å². The van der Waals surface area contributed by atoms with Crippen molar-refractivity contribution in [2.75, 3.05) is 19.0 Å². The number of anilines is 1. The van der Waals surface area contributed by atoms with Crippen molar-refractivity contribution in [3.8, 4) is 5.75 Å². The summed E-state index contributed by atoms with van der Waals surface area (Å²) in [6, 6.07) is 14.6. The zero-order valence-electron chi connectivity index (χ0n) is 16.6. The third-order valence-electron chi connectivity index (χ3n) is 3.92. The predicted octanol–water partition coefficient (Wildman–Crippen LogP) is 2.70. The third-order valence-corrected chi connectivity index (χ3v) is 3.92. The maximum absolute atomic E-state index is 12.3. The Labute approximate surface area is 169 Å². The van der Waals surface area contributed by atoms with E-state index in [2.05, 4.69) is 10.6 Å². The van der Waals surface area contributed by atoms with Gasteiger partial charge in [0.15, 0.2) is 6.10 Å². The van der Waals surface area contributed by atoms with Crippen molar-refractivity contribution >= 4 is 29.5 Å². The van der Waals surface area contributed by atoms with Crippen molar-refractivity contribution in [2.24, 2.45) is 0 Å². The summed E-state index contributed by atoms with van der Waals surface area (Å²) in [6.45, 7) is 2.99. The fourth-order valence-electron chi connectivity index (χ4n) is 2.40. The number of hydrogen-bond acceptors (Lipinski definition) is 5. The number of amides is 2. The molecule has 0 aliphatic rings. The maximum atomic E-state index is 12.3. The quantitative estimate of drug-likeness (QED) is 0.529. The Morgan fingerprint density at radius 2 is 1.83 bits per heavy atom. The minimum absolute atomic E-state index is 0.344. The molecule has 152 valence electrons. The van der Waals surface area contributed by atoms with Gasteiger partial charge in [-0.05, 0) is 43.2 Å². The number of hydrogen-bond donors (Lipinski definition) is 2. The Bertz CT molecular complexity index is 893. The average molecular weight is 396 g/mol. The van der Waals surface area contributed by atoms with Crippen LogP contribution in [-0.4, -0.2) is 37.5 Å². The van der Waals surface area contributed by atoms with Gasteiger partial charge >= 0.3 is 5.97 Å². The summed E-state index contributed by atoms with van der Waals surface area (Å²) in [5.74, 6) is -1.16. The van der Waals surface area contributed by atoms with Crippen LogP contribution in [0.2, 0.25) is 0 Å². The van der Waals surface area contributed by atoms with E-state index in [0.717, 1.165) is 11.1 Å². The molecule has 0 spiro atoms. The van der Waals surface area contributed by atoms with E-state index in [1.807, 2.05) is 43.3 Å². The lowest BCUT2D eigenvalue weighted by atomic mass is 10.2. The van der Waals surface area contributed by atoms with E-state index < -0.39 is 23.9 Å². The van der Waals surface area contributed by atoms with Crippen LogP contribution in [0, 0.1) is 6.92 Å². The van der Waals surface area contributed by atoms with Crippen LogP contribution >= 0.6 is 0 Å². The highest BCUT2D eigenvalue weighted by molar-refractivity contribution is 5.97. The van der Waals surface area contributed by atoms with Gasteiger partial charge in [0.1, 0.15) is 12.3 Å². The largest absolute Gasteiger partial charge is 0.495 e. The normalized spacial score (nSPS) is 11.6. The van der Waals surface area contributed by atoms with Crippen molar-refractivity contribution in [1.82, 2.24) is 5.32 Å². The van der Waals surface area contributed by atoms with Gasteiger partial charge in [-0.3, -0.25) is 14.4 Å². The standard InChI is InChI=1S/C22H24N2O5/c1-15-9-11-19(28-3)18(13-15)24-22(27)16(2)29-21(26)14-23-20(25)12-10-17-7-5-4-6-8-17/h4-13,16H,14H2,1-3H3,(H,23,25)(H,24,27)/b12-10+/t16-/m1/s1. The first-order chi connectivity index (χ1) is 13.9. The van der Waals surface area contributed by atoms with Gasteiger partial charge in [-0.25, -0.2) is 0 Å². The molecule has 2 amide bonds. The fourth-order valence-corrected chi connectivity index (χ4v) is 2.40. The predicted molar refractivity (Wildman–Crippen MR) is 110 cm³/mol. The van der Waals surface area contributed by atoms with Crippen molar-refractivity contribution in [3.05, 3.63) is 65.7 Å². The Kier molecular flexibility index (Phi) is 7.97. The molecule has 2 N–H and O–H groups in total. The summed E-state index contributed by atoms with van der Waals surface area (Å²) in [7, 11) is 1.50. The van der Waals surface area contributed by atoms with E-state index in [1.165, 1.54) is 20.1 Å². The Hall–Kier alpha value is -3.61. The van der Waals surface area contributed by atoms with Crippen LogP contribution in [0.15, 0.2) is 54.6 Å². The number of nitrogens with one attached hydrogen (secondary N) is 2. The molecule has 0 heterocycles. The molecule has 7 nitrogen and oxygen atoms in total. The maximum Gasteiger partial charge on any atom is 0.326 e. The van der Waals surface area contributed by atoms with Crippen LogP contribution in [0.3, 0.4) is 0 Å². The highest BCUT2D eigenvalue weighted by Crippen LogP contribution is 2.25. The number of carbonyl (C=O) groups excluding carboxylic acids is 3. The molecule has 0 radical (unpaired) electrons. The minimum Gasteiger partial charge on any atom is -0.495 e. The molecule has 1 atom stereocenters. The Morgan fingerprint density at radius 3 is 2.52 bits per heavy atom. The second-order valence-corrected chi connectivity index (χ2v) is 6.29. The number of esters is 1. The summed E-state index contributed by atoms with van der Waals surface area (Å²) >= 11 is 0. The molecule has 2 rings (SSSR count). The second kappa shape index (κ2) is 10.7. The topological polar surface area (TPSA) is 93.7 Å². The first kappa shape index (κ1) is 21.7. The molecule has 0 saturated heterocycles. The Morgan fingerprint density at radius 1 is 1.10 bits per heavy atom. The molecule has 2 aromatic carbocycles. The highest BCUT2D eigenvalue weighted by Gasteiger charge is 2.19. The van der Waals surface area contributed by atoms with E-state index >= 15 is 0 Å². The molecule has 0 saturated carbocycles. The molecule has 0 fully saturated rings. The molecule has 0 unspecified atom stereocenters. The van der Waals surface area contributed by atoms with E-state index in [1.54, 1.807) is 18.2 Å². The lowest BCUT2D eigenvalue weighted by molar-refractivity contribution is -0.152. The van der Waals surface area contributed by atoms with Crippen LogP contribution in [0.25, 0.3) is 6.08 Å². The second-order valence-electron chi connectivity index (χ2n) is 6.29. The zero-order valence-corrected chi connectivity index (χ0v) is 16.6. The fraction of sp³-hybridized carbons (Fsp3) is 0.227. The molecule has 0 aliphatic carbocycles. The first-order valence-electron chi connectivity index (χ1n) is 9.05. The third kappa shape index (κ3) is 7.14. The molecule has 29 heavy (non-hydrogen) atoms. The number of rotatable bonds is 8. The van der Waals surface area contributed by atoms with Crippen LogP contribution in [-0.2, 0) is 19.1 Å². The highest BCUT2D eigenvalue weighted by atomic mass is 16.5. The van der Waals surface area contributed by atoms with Gasteiger partial charge in [0.2, 0.25) is 5.91 Å². The number of methoxy groups -OCH3 is 1. The van der Waals surface area contributed by atoms with Gasteiger partial charge < -0.3 is 20.1 Å². The average Bonchev–Trinajstić information content (AvgIpc) is 2.71. The van der Waals surface area contributed by atoms with Crippen LogP contribution < -0.4 is 15.4 Å². The van der Waals surface area contributed by atoms with Gasteiger partial charge in [-0.2, -0.15) is 0 Å².